The van der Waals surface area contributed by atoms with Crippen molar-refractivity contribution in [3.8, 4) is 0 Å². The van der Waals surface area contributed by atoms with Gasteiger partial charge in [0.1, 0.15) is 0 Å². The molecule has 0 radical (unpaired) electrons. The first-order valence-electron chi connectivity index (χ1n) is 8.47. The van der Waals surface area contributed by atoms with Gasteiger partial charge >= 0.3 is 5.97 Å². The number of carbonyl (C=O) groups excluding carboxylic acids is 2. The number of amides is 2. The Morgan fingerprint density at radius 2 is 1.85 bits per heavy atom. The maximum atomic E-state index is 13.3. The minimum atomic E-state index is -1.03. The first-order chi connectivity index (χ1) is 12.3. The quantitative estimate of drug-likeness (QED) is 0.814. The van der Waals surface area contributed by atoms with Crippen molar-refractivity contribution < 1.29 is 24.2 Å². The number of thiazole rings is 1. The van der Waals surface area contributed by atoms with Crippen LogP contribution in [0.5, 0.6) is 0 Å². The van der Waals surface area contributed by atoms with Crippen molar-refractivity contribution in [2.24, 2.45) is 10.8 Å². The summed E-state index contributed by atoms with van der Waals surface area (Å²) in [6.45, 7) is 3.65. The molecule has 26 heavy (non-hydrogen) atoms. The maximum absolute atomic E-state index is 13.3. The molecule has 2 aromatic rings. The molecule has 2 bridgehead atoms. The molecular formula is C18H16N2O5S. The summed E-state index contributed by atoms with van der Waals surface area (Å²) in [7, 11) is 0. The minimum absolute atomic E-state index is 0.147. The van der Waals surface area contributed by atoms with Gasteiger partial charge in [-0.15, -0.1) is 0 Å². The second-order valence-electron chi connectivity index (χ2n) is 7.53. The summed E-state index contributed by atoms with van der Waals surface area (Å²) in [5, 5.41) is 9.44. The number of nitrogens with zero attached hydrogens (tertiary/aromatic N) is 2. The summed E-state index contributed by atoms with van der Waals surface area (Å²) in [6, 6.07) is 4.58. The molecule has 4 atom stereocenters. The lowest BCUT2D eigenvalue weighted by Crippen LogP contribution is -2.48. The number of rotatable bonds is 2. The monoisotopic (exact) mass is 372 g/mol. The van der Waals surface area contributed by atoms with Gasteiger partial charge in [-0.2, -0.15) is 0 Å². The number of imide groups is 1. The molecule has 1 N–H and O–H groups in total. The van der Waals surface area contributed by atoms with E-state index in [1.807, 2.05) is 13.8 Å². The molecule has 134 valence electrons. The molecule has 3 saturated heterocycles. The van der Waals surface area contributed by atoms with Crippen molar-refractivity contribution in [2.45, 2.75) is 38.9 Å². The van der Waals surface area contributed by atoms with E-state index in [9.17, 15) is 14.4 Å². The smallest absolute Gasteiger partial charge is 0.335 e. The largest absolute Gasteiger partial charge is 0.478 e. The Balaban J connectivity index is 1.63. The average molecular weight is 372 g/mol. The molecule has 5 rings (SSSR count). The Morgan fingerprint density at radius 3 is 2.42 bits per heavy atom. The first kappa shape index (κ1) is 15.9. The first-order valence-corrected chi connectivity index (χ1v) is 9.28. The number of aromatic carboxylic acids is 1. The second kappa shape index (κ2) is 4.69. The molecule has 4 heterocycles. The lowest BCUT2D eigenvalue weighted by atomic mass is 9.59. The highest BCUT2D eigenvalue weighted by Gasteiger charge is 2.77. The van der Waals surface area contributed by atoms with Crippen molar-refractivity contribution in [1.29, 1.82) is 0 Å². The molecule has 8 heteroatoms. The van der Waals surface area contributed by atoms with Crippen molar-refractivity contribution in [2.75, 3.05) is 4.90 Å². The van der Waals surface area contributed by atoms with Crippen molar-refractivity contribution in [1.82, 2.24) is 4.98 Å². The molecule has 0 unspecified atom stereocenters. The van der Waals surface area contributed by atoms with E-state index in [0.717, 1.165) is 24.2 Å². The van der Waals surface area contributed by atoms with E-state index in [1.165, 1.54) is 17.0 Å². The van der Waals surface area contributed by atoms with E-state index in [-0.39, 0.29) is 29.6 Å². The van der Waals surface area contributed by atoms with Crippen LogP contribution in [0.15, 0.2) is 18.2 Å². The number of carboxylic acid groups (broad SMARTS) is 1. The summed E-state index contributed by atoms with van der Waals surface area (Å²) in [4.78, 5) is 43.3. The number of hydrogen-bond donors (Lipinski definition) is 1. The Morgan fingerprint density at radius 1 is 1.23 bits per heavy atom. The van der Waals surface area contributed by atoms with Crippen LogP contribution in [0.1, 0.15) is 37.0 Å². The summed E-state index contributed by atoms with van der Waals surface area (Å²) in [5.74, 6) is -1.57. The molecule has 7 nitrogen and oxygen atoms in total. The Kier molecular flexibility index (Phi) is 2.87. The summed E-state index contributed by atoms with van der Waals surface area (Å²) >= 11 is 1.16. The van der Waals surface area contributed by atoms with Crippen LogP contribution in [-0.2, 0) is 14.3 Å². The number of carboxylic acids is 1. The van der Waals surface area contributed by atoms with E-state index < -0.39 is 16.8 Å². The predicted octanol–water partition coefficient (Wildman–Crippen LogP) is 2.44. The number of ether oxygens (including phenoxy) is 1. The van der Waals surface area contributed by atoms with Crippen LogP contribution in [0.25, 0.3) is 10.2 Å². The maximum Gasteiger partial charge on any atom is 0.335 e. The number of benzene rings is 1. The number of carbonyl (C=O) groups is 3. The van der Waals surface area contributed by atoms with Gasteiger partial charge in [0.2, 0.25) is 11.8 Å². The number of fused-ring (bicyclic) bond motifs is 6. The molecule has 0 spiro atoms. The van der Waals surface area contributed by atoms with Crippen LogP contribution < -0.4 is 4.90 Å². The zero-order valence-electron chi connectivity index (χ0n) is 14.2. The fourth-order valence-corrected chi connectivity index (χ4v) is 5.75. The molecule has 3 fully saturated rings. The lowest BCUT2D eigenvalue weighted by molar-refractivity contribution is -0.132. The molecule has 3 aliphatic rings. The standard InChI is InChI=1S/C18H16N2O5S/c1-17-11-5-6-12(25-11)18(17,2)15(24)20(14(17)23)16-19-9-4-3-8(13(21)22)7-10(9)26-16/h3-4,7,11-12H,5-6H2,1-2H3,(H,21,22)/t11-,12+,17-,18+. The summed E-state index contributed by atoms with van der Waals surface area (Å²) in [6.07, 6.45) is 1.08. The highest BCUT2D eigenvalue weighted by atomic mass is 32.1. The van der Waals surface area contributed by atoms with E-state index in [1.54, 1.807) is 6.07 Å². The molecular weight excluding hydrogens is 356 g/mol. The van der Waals surface area contributed by atoms with Gasteiger partial charge in [0.15, 0.2) is 5.13 Å². The van der Waals surface area contributed by atoms with Gasteiger partial charge in [-0.25, -0.2) is 14.7 Å². The van der Waals surface area contributed by atoms with Crippen molar-refractivity contribution in [3.05, 3.63) is 23.8 Å². The van der Waals surface area contributed by atoms with E-state index >= 15 is 0 Å². The second-order valence-corrected chi connectivity index (χ2v) is 8.53. The fourth-order valence-electron chi connectivity index (χ4n) is 4.75. The summed E-state index contributed by atoms with van der Waals surface area (Å²) in [5.41, 5.74) is -1.04. The van der Waals surface area contributed by atoms with E-state index in [0.29, 0.717) is 15.3 Å². The van der Waals surface area contributed by atoms with Crippen molar-refractivity contribution >= 4 is 44.5 Å². The zero-order chi connectivity index (χ0) is 18.4. The van der Waals surface area contributed by atoms with Gasteiger partial charge in [0, 0.05) is 0 Å². The van der Waals surface area contributed by atoms with Crippen LogP contribution >= 0.6 is 11.3 Å². The van der Waals surface area contributed by atoms with Gasteiger partial charge in [-0.1, -0.05) is 11.3 Å². The third kappa shape index (κ3) is 1.58. The number of hydrogen-bond acceptors (Lipinski definition) is 6. The van der Waals surface area contributed by atoms with Crippen LogP contribution in [-0.4, -0.2) is 40.1 Å². The average Bonchev–Trinajstić information content (AvgIpc) is 3.32. The predicted molar refractivity (Wildman–Crippen MR) is 93.2 cm³/mol. The third-order valence-electron chi connectivity index (χ3n) is 6.50. The van der Waals surface area contributed by atoms with Crippen LogP contribution in [0.4, 0.5) is 5.13 Å². The molecule has 1 aromatic carbocycles. The Labute approximate surface area is 152 Å². The molecule has 1 aromatic heterocycles. The van der Waals surface area contributed by atoms with Gasteiger partial charge in [0.25, 0.3) is 0 Å². The Bertz CT molecular complexity index is 982. The van der Waals surface area contributed by atoms with E-state index in [2.05, 4.69) is 4.98 Å². The lowest BCUT2D eigenvalue weighted by Gasteiger charge is -2.36. The highest BCUT2D eigenvalue weighted by molar-refractivity contribution is 7.22. The third-order valence-corrected chi connectivity index (χ3v) is 7.50. The normalized spacial score (nSPS) is 35.5. The van der Waals surface area contributed by atoms with Gasteiger partial charge < -0.3 is 9.84 Å². The minimum Gasteiger partial charge on any atom is -0.478 e. The van der Waals surface area contributed by atoms with Crippen LogP contribution in [0, 0.1) is 10.8 Å². The molecule has 0 aliphatic carbocycles. The van der Waals surface area contributed by atoms with Gasteiger partial charge in [-0.3, -0.25) is 9.59 Å². The Hall–Kier alpha value is -2.32. The molecule has 3 aliphatic heterocycles. The number of anilines is 1. The van der Waals surface area contributed by atoms with Gasteiger partial charge in [0.05, 0.1) is 38.8 Å². The molecule has 0 saturated carbocycles. The fraction of sp³-hybridized carbons (Fsp3) is 0.444. The highest BCUT2D eigenvalue weighted by Crippen LogP contribution is 2.64. The molecule has 2 amide bonds. The van der Waals surface area contributed by atoms with Crippen LogP contribution in [0.3, 0.4) is 0 Å². The van der Waals surface area contributed by atoms with Crippen LogP contribution in [0.2, 0.25) is 0 Å². The van der Waals surface area contributed by atoms with Gasteiger partial charge in [-0.05, 0) is 44.9 Å². The van der Waals surface area contributed by atoms with E-state index in [4.69, 9.17) is 9.84 Å². The zero-order valence-corrected chi connectivity index (χ0v) is 15.0. The topological polar surface area (TPSA) is 96.8 Å². The number of aromatic nitrogens is 1. The summed E-state index contributed by atoms with van der Waals surface area (Å²) < 4.78 is 6.55. The SMILES string of the molecule is C[C@@]12C(=O)N(c3nc4ccc(C(=O)O)cc4s3)C(=O)[C@]1(C)[C@@H]1CC[C@H]2O1. The van der Waals surface area contributed by atoms with Crippen molar-refractivity contribution in [3.63, 3.8) is 0 Å².